The van der Waals surface area contributed by atoms with Crippen LogP contribution in [0.25, 0.3) is 0 Å². The Kier molecular flexibility index (Phi) is 5.69. The number of aryl methyl sites for hydroxylation is 1. The molecule has 0 aromatic heterocycles. The number of hydrogen-bond donors (Lipinski definition) is 1. The Hall–Kier alpha value is -0.860. The molecule has 1 aliphatic rings. The topological polar surface area (TPSA) is 29.3 Å². The number of piperidine rings is 1. The molecule has 1 saturated heterocycles. The van der Waals surface area contributed by atoms with Gasteiger partial charge in [-0.2, -0.15) is 0 Å². The number of hydrogen-bond acceptors (Lipinski definition) is 2. The van der Waals surface area contributed by atoms with Gasteiger partial charge in [0.2, 0.25) is 0 Å². The summed E-state index contributed by atoms with van der Waals surface area (Å²) in [6.45, 7) is 4.66. The highest BCUT2D eigenvalue weighted by molar-refractivity contribution is 5.14. The average Bonchev–Trinajstić information content (AvgIpc) is 2.45. The molecular weight excluding hydrogens is 220 g/mol. The number of rotatable bonds is 6. The zero-order valence-electron chi connectivity index (χ0n) is 11.4. The van der Waals surface area contributed by atoms with Crippen molar-refractivity contribution < 1.29 is 0 Å². The van der Waals surface area contributed by atoms with E-state index in [4.69, 9.17) is 5.73 Å². The van der Waals surface area contributed by atoms with Crippen LogP contribution >= 0.6 is 0 Å². The summed E-state index contributed by atoms with van der Waals surface area (Å²) in [7, 11) is 0. The van der Waals surface area contributed by atoms with E-state index in [0.29, 0.717) is 0 Å². The minimum atomic E-state index is 0.783. The fourth-order valence-electron chi connectivity index (χ4n) is 2.75. The molecule has 2 heteroatoms. The van der Waals surface area contributed by atoms with Crippen molar-refractivity contribution in [1.82, 2.24) is 4.90 Å². The fraction of sp³-hybridized carbons (Fsp3) is 0.625. The molecule has 1 heterocycles. The van der Waals surface area contributed by atoms with E-state index in [1.165, 1.54) is 57.3 Å². The molecule has 100 valence electrons. The highest BCUT2D eigenvalue weighted by Gasteiger charge is 2.16. The van der Waals surface area contributed by atoms with Crippen LogP contribution in [0.5, 0.6) is 0 Å². The second-order valence-electron chi connectivity index (χ2n) is 5.46. The van der Waals surface area contributed by atoms with E-state index in [1.54, 1.807) is 0 Å². The molecule has 2 nitrogen and oxygen atoms in total. The van der Waals surface area contributed by atoms with Crippen LogP contribution < -0.4 is 5.73 Å². The monoisotopic (exact) mass is 246 g/mol. The molecule has 2 rings (SSSR count). The van der Waals surface area contributed by atoms with E-state index in [2.05, 4.69) is 35.2 Å². The van der Waals surface area contributed by atoms with Gasteiger partial charge in [0.1, 0.15) is 0 Å². The third kappa shape index (κ3) is 4.43. The molecule has 0 spiro atoms. The Morgan fingerprint density at radius 3 is 2.44 bits per heavy atom. The minimum Gasteiger partial charge on any atom is -0.330 e. The summed E-state index contributed by atoms with van der Waals surface area (Å²) in [4.78, 5) is 2.61. The Bertz CT molecular complexity index is 315. The zero-order valence-corrected chi connectivity index (χ0v) is 11.4. The van der Waals surface area contributed by atoms with Crippen molar-refractivity contribution in [3.63, 3.8) is 0 Å². The summed E-state index contributed by atoms with van der Waals surface area (Å²) in [5.41, 5.74) is 7.19. The third-order valence-corrected chi connectivity index (χ3v) is 4.07. The van der Waals surface area contributed by atoms with Crippen LogP contribution in [0.3, 0.4) is 0 Å². The molecular formula is C16H26N2. The van der Waals surface area contributed by atoms with E-state index in [0.717, 1.165) is 12.5 Å². The van der Waals surface area contributed by atoms with E-state index in [-0.39, 0.29) is 0 Å². The first-order chi connectivity index (χ1) is 8.88. The molecule has 1 aromatic carbocycles. The molecule has 1 aliphatic heterocycles. The van der Waals surface area contributed by atoms with Crippen molar-refractivity contribution in [2.24, 2.45) is 11.7 Å². The quantitative estimate of drug-likeness (QED) is 0.782. The van der Waals surface area contributed by atoms with Crippen molar-refractivity contribution in [1.29, 1.82) is 0 Å². The van der Waals surface area contributed by atoms with E-state index in [9.17, 15) is 0 Å². The van der Waals surface area contributed by atoms with Gasteiger partial charge in [-0.15, -0.1) is 0 Å². The van der Waals surface area contributed by atoms with Gasteiger partial charge in [0.15, 0.2) is 0 Å². The van der Waals surface area contributed by atoms with Gasteiger partial charge in [0, 0.05) is 0 Å². The molecule has 18 heavy (non-hydrogen) atoms. The normalized spacial score (nSPS) is 18.1. The molecule has 0 saturated carbocycles. The highest BCUT2D eigenvalue weighted by atomic mass is 15.1. The summed E-state index contributed by atoms with van der Waals surface area (Å²) in [6, 6.07) is 10.8. The van der Waals surface area contributed by atoms with Crippen molar-refractivity contribution in [3.05, 3.63) is 35.9 Å². The van der Waals surface area contributed by atoms with Gasteiger partial charge in [0.05, 0.1) is 0 Å². The van der Waals surface area contributed by atoms with Gasteiger partial charge in [-0.1, -0.05) is 30.3 Å². The maximum absolute atomic E-state index is 5.72. The standard InChI is InChI=1S/C16H26N2/c17-14-16-9-12-18(13-10-16)11-5-4-8-15-6-2-1-3-7-15/h1-3,6-7,16H,4-5,8-14,17H2. The number of likely N-dealkylation sites (tertiary alicyclic amines) is 1. The minimum absolute atomic E-state index is 0.783. The summed E-state index contributed by atoms with van der Waals surface area (Å²) < 4.78 is 0. The van der Waals surface area contributed by atoms with E-state index in [1.807, 2.05) is 0 Å². The summed E-state index contributed by atoms with van der Waals surface area (Å²) in [5.74, 6) is 0.783. The van der Waals surface area contributed by atoms with Crippen LogP contribution in [0.2, 0.25) is 0 Å². The summed E-state index contributed by atoms with van der Waals surface area (Å²) >= 11 is 0. The number of nitrogens with zero attached hydrogens (tertiary/aromatic N) is 1. The smallest absolute Gasteiger partial charge is 0.00156 e. The van der Waals surface area contributed by atoms with Crippen LogP contribution in [0.1, 0.15) is 31.2 Å². The molecule has 0 unspecified atom stereocenters. The van der Waals surface area contributed by atoms with Crippen molar-refractivity contribution in [2.45, 2.75) is 32.1 Å². The molecule has 2 N–H and O–H groups in total. The molecule has 1 fully saturated rings. The highest BCUT2D eigenvalue weighted by Crippen LogP contribution is 2.16. The first kappa shape index (κ1) is 13.6. The largest absolute Gasteiger partial charge is 0.330 e. The van der Waals surface area contributed by atoms with Gasteiger partial charge in [-0.25, -0.2) is 0 Å². The van der Waals surface area contributed by atoms with Gasteiger partial charge in [0.25, 0.3) is 0 Å². The zero-order chi connectivity index (χ0) is 12.6. The maximum Gasteiger partial charge on any atom is -0.00156 e. The van der Waals surface area contributed by atoms with Gasteiger partial charge in [-0.3, -0.25) is 0 Å². The van der Waals surface area contributed by atoms with Crippen molar-refractivity contribution >= 4 is 0 Å². The maximum atomic E-state index is 5.72. The number of benzene rings is 1. The van der Waals surface area contributed by atoms with Crippen LogP contribution in [0, 0.1) is 5.92 Å². The van der Waals surface area contributed by atoms with Crippen LogP contribution in [-0.2, 0) is 6.42 Å². The van der Waals surface area contributed by atoms with Crippen molar-refractivity contribution in [3.8, 4) is 0 Å². The lowest BCUT2D eigenvalue weighted by atomic mass is 9.97. The van der Waals surface area contributed by atoms with E-state index >= 15 is 0 Å². The van der Waals surface area contributed by atoms with E-state index < -0.39 is 0 Å². The molecule has 0 atom stereocenters. The fourth-order valence-corrected chi connectivity index (χ4v) is 2.75. The number of nitrogens with two attached hydrogens (primary N) is 1. The molecule has 1 aromatic rings. The summed E-state index contributed by atoms with van der Waals surface area (Å²) in [5, 5.41) is 0. The van der Waals surface area contributed by atoms with Crippen LogP contribution in [-0.4, -0.2) is 31.1 Å². The Morgan fingerprint density at radius 2 is 1.78 bits per heavy atom. The SMILES string of the molecule is NCC1CCN(CCCCc2ccccc2)CC1. The Labute approximate surface area is 111 Å². The van der Waals surface area contributed by atoms with Gasteiger partial charge in [-0.05, 0) is 69.8 Å². The predicted octanol–water partition coefficient (Wildman–Crippen LogP) is 2.68. The van der Waals surface area contributed by atoms with Gasteiger partial charge >= 0.3 is 0 Å². The lowest BCUT2D eigenvalue weighted by molar-refractivity contribution is 0.185. The lowest BCUT2D eigenvalue weighted by Gasteiger charge is -2.31. The Balaban J connectivity index is 1.56. The predicted molar refractivity (Wildman–Crippen MR) is 77.6 cm³/mol. The first-order valence-corrected chi connectivity index (χ1v) is 7.35. The first-order valence-electron chi connectivity index (χ1n) is 7.35. The average molecular weight is 246 g/mol. The molecule has 0 radical (unpaired) electrons. The van der Waals surface area contributed by atoms with Crippen LogP contribution in [0.4, 0.5) is 0 Å². The Morgan fingerprint density at radius 1 is 1.06 bits per heavy atom. The second-order valence-corrected chi connectivity index (χ2v) is 5.46. The van der Waals surface area contributed by atoms with Crippen LogP contribution in [0.15, 0.2) is 30.3 Å². The lowest BCUT2D eigenvalue weighted by Crippen LogP contribution is -2.36. The third-order valence-electron chi connectivity index (χ3n) is 4.07. The summed E-state index contributed by atoms with van der Waals surface area (Å²) in [6.07, 6.45) is 6.45. The molecule has 0 amide bonds. The van der Waals surface area contributed by atoms with Crippen molar-refractivity contribution in [2.75, 3.05) is 26.2 Å². The number of unbranched alkanes of at least 4 members (excludes halogenated alkanes) is 1. The molecule has 0 aliphatic carbocycles. The second kappa shape index (κ2) is 7.55. The molecule has 0 bridgehead atoms. The van der Waals surface area contributed by atoms with Gasteiger partial charge < -0.3 is 10.6 Å².